The molecular formula is C14H12N2O2S. The van der Waals surface area contributed by atoms with Crippen LogP contribution in [-0.2, 0) is 22.4 Å². The summed E-state index contributed by atoms with van der Waals surface area (Å²) in [6.07, 6.45) is 5.35. The fraction of sp³-hybridized carbons (Fsp3) is 0.357. The first-order valence-electron chi connectivity index (χ1n) is 6.22. The highest BCUT2D eigenvalue weighted by molar-refractivity contribution is 7.17. The van der Waals surface area contributed by atoms with Gasteiger partial charge in [0.15, 0.2) is 0 Å². The molecule has 0 saturated heterocycles. The van der Waals surface area contributed by atoms with Crippen molar-refractivity contribution in [2.75, 3.05) is 4.90 Å². The van der Waals surface area contributed by atoms with Crippen molar-refractivity contribution in [3.63, 3.8) is 0 Å². The van der Waals surface area contributed by atoms with E-state index in [1.165, 1.54) is 23.5 Å². The number of rotatable bonds is 1. The van der Waals surface area contributed by atoms with Crippen LogP contribution in [0.5, 0.6) is 0 Å². The molecule has 19 heavy (non-hydrogen) atoms. The van der Waals surface area contributed by atoms with E-state index in [2.05, 4.69) is 13.0 Å². The molecular weight excluding hydrogens is 260 g/mol. The Morgan fingerprint density at radius 2 is 2.05 bits per heavy atom. The summed E-state index contributed by atoms with van der Waals surface area (Å²) >= 11 is 1.42. The molecule has 1 aliphatic heterocycles. The Kier molecular flexibility index (Phi) is 2.76. The standard InChI is InChI=1S/C14H12N2O2S/c1-8-2-3-9-10(7-15)14(19-11(9)6-8)16-12(17)4-5-13(16)18/h4-5,8H,2-3,6H2,1H3/t8-/m0/s1. The molecule has 1 aromatic heterocycles. The second-order valence-electron chi connectivity index (χ2n) is 4.99. The lowest BCUT2D eigenvalue weighted by Gasteiger charge is -2.17. The molecule has 1 atom stereocenters. The summed E-state index contributed by atoms with van der Waals surface area (Å²) in [5, 5.41) is 9.85. The van der Waals surface area contributed by atoms with Crippen LogP contribution in [0, 0.1) is 17.2 Å². The first-order chi connectivity index (χ1) is 9.11. The first kappa shape index (κ1) is 12.1. The van der Waals surface area contributed by atoms with Crippen LogP contribution in [0.4, 0.5) is 5.00 Å². The van der Waals surface area contributed by atoms with Gasteiger partial charge < -0.3 is 0 Å². The van der Waals surface area contributed by atoms with Gasteiger partial charge in [0.1, 0.15) is 11.1 Å². The summed E-state index contributed by atoms with van der Waals surface area (Å²) in [7, 11) is 0. The highest BCUT2D eigenvalue weighted by atomic mass is 32.1. The quantitative estimate of drug-likeness (QED) is 0.736. The van der Waals surface area contributed by atoms with E-state index in [0.717, 1.165) is 34.6 Å². The predicted octanol–water partition coefficient (Wildman–Crippen LogP) is 2.17. The molecule has 0 spiro atoms. The third-order valence-corrected chi connectivity index (χ3v) is 4.86. The largest absolute Gasteiger partial charge is 0.269 e. The Balaban J connectivity index is 2.11. The maximum Gasteiger partial charge on any atom is 0.258 e. The van der Waals surface area contributed by atoms with Crippen LogP contribution in [0.3, 0.4) is 0 Å². The molecule has 4 nitrogen and oxygen atoms in total. The van der Waals surface area contributed by atoms with Crippen molar-refractivity contribution in [2.45, 2.75) is 26.2 Å². The van der Waals surface area contributed by atoms with Crippen molar-refractivity contribution < 1.29 is 9.59 Å². The van der Waals surface area contributed by atoms with Gasteiger partial charge in [-0.1, -0.05) is 6.92 Å². The normalized spacial score (nSPS) is 21.7. The number of carbonyl (C=O) groups excluding carboxylic acids is 2. The predicted molar refractivity (Wildman–Crippen MR) is 71.9 cm³/mol. The number of anilines is 1. The third kappa shape index (κ3) is 1.80. The zero-order valence-electron chi connectivity index (χ0n) is 10.5. The van der Waals surface area contributed by atoms with Crippen LogP contribution >= 0.6 is 11.3 Å². The maximum atomic E-state index is 11.7. The summed E-state index contributed by atoms with van der Waals surface area (Å²) < 4.78 is 0. The summed E-state index contributed by atoms with van der Waals surface area (Å²) in [4.78, 5) is 25.8. The number of carbonyl (C=O) groups is 2. The molecule has 0 bridgehead atoms. The Bertz CT molecular complexity index is 633. The van der Waals surface area contributed by atoms with Crippen LogP contribution in [0.25, 0.3) is 0 Å². The minimum Gasteiger partial charge on any atom is -0.269 e. The van der Waals surface area contributed by atoms with Crippen molar-refractivity contribution >= 4 is 28.2 Å². The molecule has 0 aromatic carbocycles. The van der Waals surface area contributed by atoms with Crippen LogP contribution in [-0.4, -0.2) is 11.8 Å². The van der Waals surface area contributed by atoms with Crippen LogP contribution in [0.1, 0.15) is 29.3 Å². The van der Waals surface area contributed by atoms with Gasteiger partial charge in [0.25, 0.3) is 11.8 Å². The molecule has 0 fully saturated rings. The van der Waals surface area contributed by atoms with Gasteiger partial charge in [-0.15, -0.1) is 11.3 Å². The van der Waals surface area contributed by atoms with E-state index in [1.54, 1.807) is 0 Å². The van der Waals surface area contributed by atoms with E-state index >= 15 is 0 Å². The lowest BCUT2D eigenvalue weighted by atomic mass is 9.88. The van der Waals surface area contributed by atoms with E-state index < -0.39 is 0 Å². The maximum absolute atomic E-state index is 11.7. The monoisotopic (exact) mass is 272 g/mol. The molecule has 2 aliphatic rings. The first-order valence-corrected chi connectivity index (χ1v) is 7.04. The van der Waals surface area contributed by atoms with Gasteiger partial charge in [0.05, 0.1) is 5.56 Å². The van der Waals surface area contributed by atoms with E-state index in [4.69, 9.17) is 0 Å². The molecule has 0 unspecified atom stereocenters. The topological polar surface area (TPSA) is 61.2 Å². The van der Waals surface area contributed by atoms with Gasteiger partial charge in [0.2, 0.25) is 0 Å². The highest BCUT2D eigenvalue weighted by Crippen LogP contribution is 2.41. The van der Waals surface area contributed by atoms with Crippen molar-refractivity contribution in [3.05, 3.63) is 28.2 Å². The minimum absolute atomic E-state index is 0.354. The zero-order chi connectivity index (χ0) is 13.6. The molecule has 0 N–H and O–H groups in total. The molecule has 0 saturated carbocycles. The van der Waals surface area contributed by atoms with Gasteiger partial charge in [-0.3, -0.25) is 9.59 Å². The minimum atomic E-state index is -0.354. The lowest BCUT2D eigenvalue weighted by molar-refractivity contribution is -0.119. The third-order valence-electron chi connectivity index (χ3n) is 3.62. The van der Waals surface area contributed by atoms with Crippen molar-refractivity contribution in [1.82, 2.24) is 0 Å². The number of hydrogen-bond acceptors (Lipinski definition) is 4. The summed E-state index contributed by atoms with van der Waals surface area (Å²) in [6, 6.07) is 2.17. The molecule has 96 valence electrons. The molecule has 5 heteroatoms. The van der Waals surface area contributed by atoms with Gasteiger partial charge in [-0.25, -0.2) is 4.90 Å². The molecule has 0 radical (unpaired) electrons. The Hall–Kier alpha value is -1.93. The SMILES string of the molecule is C[C@H]1CCc2c(sc(N3C(=O)C=CC3=O)c2C#N)C1. The second kappa shape index (κ2) is 4.32. The number of amides is 2. The number of fused-ring (bicyclic) bond motifs is 1. The Morgan fingerprint density at radius 3 is 2.68 bits per heavy atom. The van der Waals surface area contributed by atoms with Gasteiger partial charge in [-0.05, 0) is 30.7 Å². The van der Waals surface area contributed by atoms with Crippen LogP contribution in [0.2, 0.25) is 0 Å². The van der Waals surface area contributed by atoms with E-state index in [1.807, 2.05) is 0 Å². The lowest BCUT2D eigenvalue weighted by Crippen LogP contribution is -2.29. The summed E-state index contributed by atoms with van der Waals surface area (Å²) in [5.41, 5.74) is 1.55. The Morgan fingerprint density at radius 1 is 1.37 bits per heavy atom. The zero-order valence-corrected chi connectivity index (χ0v) is 11.3. The van der Waals surface area contributed by atoms with Gasteiger partial charge >= 0.3 is 0 Å². The smallest absolute Gasteiger partial charge is 0.258 e. The van der Waals surface area contributed by atoms with E-state index in [9.17, 15) is 14.9 Å². The molecule has 3 rings (SSSR count). The van der Waals surface area contributed by atoms with E-state index in [0.29, 0.717) is 16.5 Å². The van der Waals surface area contributed by atoms with Crippen LogP contribution < -0.4 is 4.90 Å². The number of nitrogens with zero attached hydrogens (tertiary/aromatic N) is 2. The average molecular weight is 272 g/mol. The average Bonchev–Trinajstić information content (AvgIpc) is 2.88. The highest BCUT2D eigenvalue weighted by Gasteiger charge is 2.33. The summed E-state index contributed by atoms with van der Waals surface area (Å²) in [6.45, 7) is 2.18. The molecule has 1 aliphatic carbocycles. The molecule has 2 heterocycles. The number of thiophene rings is 1. The van der Waals surface area contributed by atoms with Crippen molar-refractivity contribution in [3.8, 4) is 6.07 Å². The second-order valence-corrected chi connectivity index (χ2v) is 6.07. The fourth-order valence-electron chi connectivity index (χ4n) is 2.61. The van der Waals surface area contributed by atoms with Crippen molar-refractivity contribution in [1.29, 1.82) is 5.26 Å². The van der Waals surface area contributed by atoms with Crippen molar-refractivity contribution in [2.24, 2.45) is 5.92 Å². The molecule has 2 amide bonds. The van der Waals surface area contributed by atoms with Gasteiger partial charge in [-0.2, -0.15) is 5.26 Å². The molecule has 1 aromatic rings. The van der Waals surface area contributed by atoms with Crippen LogP contribution in [0.15, 0.2) is 12.2 Å². The number of hydrogen-bond donors (Lipinski definition) is 0. The fourth-order valence-corrected chi connectivity index (χ4v) is 4.08. The van der Waals surface area contributed by atoms with E-state index in [-0.39, 0.29) is 11.8 Å². The summed E-state index contributed by atoms with van der Waals surface area (Å²) in [5.74, 6) is -0.116. The number of nitriles is 1. The number of imide groups is 1. The van der Waals surface area contributed by atoms with Gasteiger partial charge in [0, 0.05) is 17.0 Å². The Labute approximate surface area is 114 Å².